The van der Waals surface area contributed by atoms with Gasteiger partial charge >= 0.3 is 12.6 Å². The molecule has 0 spiro atoms. The van der Waals surface area contributed by atoms with E-state index in [1.54, 1.807) is 13.0 Å². The van der Waals surface area contributed by atoms with Crippen LogP contribution in [0.5, 0.6) is 11.5 Å². The van der Waals surface area contributed by atoms with Gasteiger partial charge in [-0.05, 0) is 26.8 Å². The predicted molar refractivity (Wildman–Crippen MR) is 82.1 cm³/mol. The summed E-state index contributed by atoms with van der Waals surface area (Å²) in [6, 6.07) is 4.59. The summed E-state index contributed by atoms with van der Waals surface area (Å²) in [5, 5.41) is 11.5. The van der Waals surface area contributed by atoms with Crippen molar-refractivity contribution in [1.82, 2.24) is 5.32 Å². The number of amides is 1. The maximum atomic E-state index is 12.6. The molecule has 0 aliphatic rings. The van der Waals surface area contributed by atoms with Gasteiger partial charge in [0.05, 0.1) is 12.0 Å². The Morgan fingerprint density at radius 3 is 2.54 bits per heavy atom. The maximum Gasteiger partial charge on any atom is 0.387 e. The van der Waals surface area contributed by atoms with Crippen LogP contribution in [0.3, 0.4) is 0 Å². The lowest BCUT2D eigenvalue weighted by molar-refractivity contribution is -0.149. The molecule has 0 fully saturated rings. The van der Waals surface area contributed by atoms with Gasteiger partial charge in [-0.2, -0.15) is 8.78 Å². The van der Waals surface area contributed by atoms with Crippen molar-refractivity contribution in [1.29, 1.82) is 0 Å². The van der Waals surface area contributed by atoms with Gasteiger partial charge in [-0.15, -0.1) is 0 Å². The molecule has 0 unspecified atom stereocenters. The number of aliphatic carboxylic acids is 1. The van der Waals surface area contributed by atoms with Crippen LogP contribution < -0.4 is 14.8 Å². The smallest absolute Gasteiger partial charge is 0.387 e. The molecule has 0 atom stereocenters. The zero-order chi connectivity index (χ0) is 18.3. The van der Waals surface area contributed by atoms with Crippen LogP contribution in [-0.2, 0) is 16.1 Å². The Morgan fingerprint density at radius 2 is 2.00 bits per heavy atom. The van der Waals surface area contributed by atoms with Crippen molar-refractivity contribution in [2.24, 2.45) is 5.41 Å². The van der Waals surface area contributed by atoms with E-state index in [2.05, 4.69) is 10.1 Å². The Hall–Kier alpha value is -2.38. The molecule has 0 bridgehead atoms. The summed E-state index contributed by atoms with van der Waals surface area (Å²) >= 11 is 0. The zero-order valence-electron chi connectivity index (χ0n) is 13.8. The third kappa shape index (κ3) is 5.68. The number of halogens is 2. The van der Waals surface area contributed by atoms with Gasteiger partial charge in [-0.1, -0.05) is 12.1 Å². The van der Waals surface area contributed by atoms with Crippen LogP contribution >= 0.6 is 0 Å². The Morgan fingerprint density at radius 1 is 1.33 bits per heavy atom. The number of carbonyl (C=O) groups is 2. The molecule has 1 rings (SSSR count). The fraction of sp³-hybridized carbons (Fsp3) is 0.500. The number of hydrogen-bond donors (Lipinski definition) is 2. The van der Waals surface area contributed by atoms with Crippen molar-refractivity contribution in [3.63, 3.8) is 0 Å². The van der Waals surface area contributed by atoms with Crippen LogP contribution in [0, 0.1) is 5.41 Å². The molecule has 0 aromatic heterocycles. The van der Waals surface area contributed by atoms with Crippen molar-refractivity contribution in [2.45, 2.75) is 40.3 Å². The summed E-state index contributed by atoms with van der Waals surface area (Å²) in [6.45, 7) is 1.70. The highest BCUT2D eigenvalue weighted by Crippen LogP contribution is 2.32. The topological polar surface area (TPSA) is 84.9 Å². The number of rotatable bonds is 9. The summed E-state index contributed by atoms with van der Waals surface area (Å²) in [7, 11) is 0. The van der Waals surface area contributed by atoms with E-state index in [0.29, 0.717) is 5.56 Å². The van der Waals surface area contributed by atoms with Gasteiger partial charge in [-0.25, -0.2) is 0 Å². The summed E-state index contributed by atoms with van der Waals surface area (Å²) in [5.74, 6) is -1.60. The van der Waals surface area contributed by atoms with E-state index in [9.17, 15) is 18.4 Å². The fourth-order valence-corrected chi connectivity index (χ4v) is 1.93. The molecule has 134 valence electrons. The van der Waals surface area contributed by atoms with Gasteiger partial charge in [0.2, 0.25) is 5.91 Å². The Kier molecular flexibility index (Phi) is 6.94. The number of carboxylic acid groups (broad SMARTS) is 1. The summed E-state index contributed by atoms with van der Waals surface area (Å²) in [5.41, 5.74) is -0.915. The van der Waals surface area contributed by atoms with Gasteiger partial charge in [0.15, 0.2) is 11.5 Å². The summed E-state index contributed by atoms with van der Waals surface area (Å²) in [6.07, 6.45) is -0.238. The third-order valence-electron chi connectivity index (χ3n) is 3.22. The molecule has 0 radical (unpaired) electrons. The van der Waals surface area contributed by atoms with Crippen molar-refractivity contribution < 1.29 is 33.0 Å². The van der Waals surface area contributed by atoms with E-state index in [4.69, 9.17) is 9.84 Å². The molecule has 0 saturated heterocycles. The first-order valence-corrected chi connectivity index (χ1v) is 7.37. The Bertz CT molecular complexity index is 590. The first-order chi connectivity index (χ1) is 11.2. The third-order valence-corrected chi connectivity index (χ3v) is 3.22. The lowest BCUT2D eigenvalue weighted by Crippen LogP contribution is -2.33. The van der Waals surface area contributed by atoms with E-state index >= 15 is 0 Å². The van der Waals surface area contributed by atoms with Crippen molar-refractivity contribution in [3.8, 4) is 11.5 Å². The van der Waals surface area contributed by atoms with Gasteiger partial charge in [0.25, 0.3) is 0 Å². The van der Waals surface area contributed by atoms with E-state index in [1.165, 1.54) is 26.0 Å². The van der Waals surface area contributed by atoms with Crippen molar-refractivity contribution in [2.75, 3.05) is 6.61 Å². The molecule has 24 heavy (non-hydrogen) atoms. The van der Waals surface area contributed by atoms with E-state index in [1.807, 2.05) is 0 Å². The highest BCUT2D eigenvalue weighted by atomic mass is 19.3. The standard InChI is InChI=1S/C16H21F2NO5/c1-4-23-11-7-5-6-10(13(11)24-15(17)18)9-19-12(20)8-16(2,3)14(21)22/h5-7,15H,4,8-9H2,1-3H3,(H,19,20)(H,21,22). The summed E-state index contributed by atoms with van der Waals surface area (Å²) in [4.78, 5) is 22.9. The van der Waals surface area contributed by atoms with Gasteiger partial charge < -0.3 is 19.9 Å². The quantitative estimate of drug-likeness (QED) is 0.719. The number of ether oxygens (including phenoxy) is 2. The lowest BCUT2D eigenvalue weighted by atomic mass is 9.89. The average molecular weight is 345 g/mol. The second kappa shape index (κ2) is 8.47. The number of alkyl halides is 2. The first-order valence-electron chi connectivity index (χ1n) is 7.37. The number of hydrogen-bond acceptors (Lipinski definition) is 4. The second-order valence-electron chi connectivity index (χ2n) is 5.70. The van der Waals surface area contributed by atoms with Crippen LogP contribution in [0.25, 0.3) is 0 Å². The van der Waals surface area contributed by atoms with Crippen LogP contribution in [-0.4, -0.2) is 30.2 Å². The molecule has 0 saturated carbocycles. The molecular weight excluding hydrogens is 324 g/mol. The van der Waals surface area contributed by atoms with Gasteiger partial charge in [0, 0.05) is 18.5 Å². The largest absolute Gasteiger partial charge is 0.490 e. The predicted octanol–water partition coefficient (Wildman–Crippen LogP) is 2.80. The number of carbonyl (C=O) groups excluding carboxylic acids is 1. The van der Waals surface area contributed by atoms with Crippen LogP contribution in [0.4, 0.5) is 8.78 Å². The number of nitrogens with one attached hydrogen (secondary N) is 1. The second-order valence-corrected chi connectivity index (χ2v) is 5.70. The minimum absolute atomic E-state index is 0.0858. The molecule has 0 aliphatic carbocycles. The van der Waals surface area contributed by atoms with E-state index in [-0.39, 0.29) is 31.1 Å². The molecular formula is C16H21F2NO5. The normalized spacial score (nSPS) is 11.2. The molecule has 0 aliphatic heterocycles. The number of para-hydroxylation sites is 1. The molecule has 8 heteroatoms. The first kappa shape index (κ1) is 19.7. The van der Waals surface area contributed by atoms with Gasteiger partial charge in [-0.3, -0.25) is 9.59 Å². The average Bonchev–Trinajstić information content (AvgIpc) is 2.46. The fourth-order valence-electron chi connectivity index (χ4n) is 1.93. The Labute approximate surface area is 138 Å². The Balaban J connectivity index is 2.85. The molecule has 6 nitrogen and oxygen atoms in total. The monoisotopic (exact) mass is 345 g/mol. The number of carboxylic acids is 1. The zero-order valence-corrected chi connectivity index (χ0v) is 13.8. The van der Waals surface area contributed by atoms with Crippen LogP contribution in [0.2, 0.25) is 0 Å². The highest BCUT2D eigenvalue weighted by molar-refractivity contribution is 5.84. The molecule has 1 aromatic rings. The minimum Gasteiger partial charge on any atom is -0.490 e. The summed E-state index contributed by atoms with van der Waals surface area (Å²) < 4.78 is 34.9. The molecule has 1 aromatic carbocycles. The van der Waals surface area contributed by atoms with Crippen LogP contribution in [0.1, 0.15) is 32.8 Å². The van der Waals surface area contributed by atoms with E-state index < -0.39 is 23.9 Å². The lowest BCUT2D eigenvalue weighted by Gasteiger charge is -2.19. The molecule has 0 heterocycles. The van der Waals surface area contributed by atoms with Crippen molar-refractivity contribution >= 4 is 11.9 Å². The van der Waals surface area contributed by atoms with Crippen molar-refractivity contribution in [3.05, 3.63) is 23.8 Å². The minimum atomic E-state index is -3.04. The van der Waals surface area contributed by atoms with Crippen LogP contribution in [0.15, 0.2) is 18.2 Å². The highest BCUT2D eigenvalue weighted by Gasteiger charge is 2.30. The maximum absolute atomic E-state index is 12.6. The van der Waals surface area contributed by atoms with Gasteiger partial charge in [0.1, 0.15) is 0 Å². The SMILES string of the molecule is CCOc1cccc(CNC(=O)CC(C)(C)C(=O)O)c1OC(F)F. The number of benzene rings is 1. The molecule has 2 N–H and O–H groups in total. The van der Waals surface area contributed by atoms with E-state index in [0.717, 1.165) is 0 Å². The molecule has 1 amide bonds.